The maximum atomic E-state index is 13.3. The van der Waals surface area contributed by atoms with Crippen LogP contribution in [0, 0.1) is 35.2 Å². The third-order valence-corrected chi connectivity index (χ3v) is 17.0. The van der Waals surface area contributed by atoms with Crippen molar-refractivity contribution in [3.05, 3.63) is 105 Å². The summed E-state index contributed by atoms with van der Waals surface area (Å²) in [7, 11) is 7.36. The molecule has 6 aliphatic heterocycles. The molecule has 64 heavy (non-hydrogen) atoms. The van der Waals surface area contributed by atoms with Crippen molar-refractivity contribution in [2.24, 2.45) is 23.5 Å². The average molecular weight is 1010 g/mol. The van der Waals surface area contributed by atoms with Gasteiger partial charge in [0.1, 0.15) is 17.5 Å². The van der Waals surface area contributed by atoms with Crippen LogP contribution in [0.25, 0.3) is 30.3 Å². The molecule has 18 heteroatoms. The van der Waals surface area contributed by atoms with E-state index in [4.69, 9.17) is 31.1 Å². The second kappa shape index (κ2) is 21.3. The standard InChI is InChI=1S/C19H20FNOS.C9H4ClFOS.C9H16N2.C8H5FS.CO2.Cl2OS/c20-14-1-2-17-13(9-14)10-18(23-17)16(22)11-15-12-3-7-21(8-4-12)19(15)5-6-19;10-9(12)8-4-5-3-6(11)1-2-7(5)13-8;10-8-7-1-5-11(6-2-7)9(8)3-4-9;9-7-1-2-8-6(5-7)3-4-10-8;2-1-3;1-4(2)3/h1-2,9-10,12,15H,3-8,11H2;1-4H;7-8H,1-6,10H2;1-5H;;. The second-order valence-electron chi connectivity index (χ2n) is 16.8. The van der Waals surface area contributed by atoms with Crippen LogP contribution in [0.4, 0.5) is 13.2 Å². The van der Waals surface area contributed by atoms with E-state index in [-0.39, 0.29) is 29.4 Å². The van der Waals surface area contributed by atoms with Gasteiger partial charge in [0.25, 0.3) is 5.24 Å². The van der Waals surface area contributed by atoms with Crippen LogP contribution in [0.5, 0.6) is 0 Å². The predicted molar refractivity (Wildman–Crippen MR) is 253 cm³/mol. The summed E-state index contributed by atoms with van der Waals surface area (Å²) in [5.74, 6) is 1.70. The van der Waals surface area contributed by atoms with Crippen LogP contribution in [0.15, 0.2) is 78.2 Å². The highest BCUT2D eigenvalue weighted by atomic mass is 36.0. The van der Waals surface area contributed by atoms with E-state index in [0.717, 1.165) is 41.6 Å². The molecule has 9 heterocycles. The molecule has 2 unspecified atom stereocenters. The number of hydrogen-bond acceptors (Lipinski definition) is 11. The molecular formula is C46H45Cl3F3N3O5S4. The van der Waals surface area contributed by atoms with Gasteiger partial charge in [-0.15, -0.1) is 34.0 Å². The lowest BCUT2D eigenvalue weighted by atomic mass is 9.70. The molecule has 6 saturated heterocycles. The van der Waals surface area contributed by atoms with Crippen molar-refractivity contribution in [1.82, 2.24) is 9.80 Å². The molecule has 2 spiro atoms. The number of nitrogens with two attached hydrogens (primary N) is 1. The molecule has 8 nitrogen and oxygen atoms in total. The van der Waals surface area contributed by atoms with Crippen LogP contribution in [-0.2, 0) is 18.8 Å². The summed E-state index contributed by atoms with van der Waals surface area (Å²) in [4.78, 5) is 46.4. The van der Waals surface area contributed by atoms with Gasteiger partial charge in [-0.05, 0) is 201 Å². The Kier molecular flexibility index (Phi) is 16.2. The fourth-order valence-corrected chi connectivity index (χ4v) is 13.0. The first kappa shape index (κ1) is 48.9. The zero-order valence-electron chi connectivity index (χ0n) is 34.4. The number of piperidine rings is 6. The third-order valence-electron chi connectivity index (χ3n) is 13.5. The topological polar surface area (TPSA) is 118 Å². The molecule has 3 aromatic carbocycles. The van der Waals surface area contributed by atoms with Gasteiger partial charge >= 0.3 is 6.15 Å². The Morgan fingerprint density at radius 2 is 1.12 bits per heavy atom. The number of ketones is 1. The fourth-order valence-electron chi connectivity index (χ4n) is 10.2. The molecule has 2 saturated carbocycles. The Bertz CT molecular complexity index is 2660. The lowest BCUT2D eigenvalue weighted by Crippen LogP contribution is -2.63. The molecule has 8 aliphatic rings. The van der Waals surface area contributed by atoms with Crippen LogP contribution in [0.2, 0.25) is 0 Å². The summed E-state index contributed by atoms with van der Waals surface area (Å²) < 4.78 is 50.7. The van der Waals surface area contributed by atoms with Gasteiger partial charge in [0, 0.05) is 59.0 Å². The minimum atomic E-state index is -1.67. The van der Waals surface area contributed by atoms with Crippen molar-refractivity contribution in [2.75, 3.05) is 26.2 Å². The van der Waals surface area contributed by atoms with Crippen LogP contribution in [0.1, 0.15) is 77.1 Å². The molecule has 340 valence electrons. The van der Waals surface area contributed by atoms with Gasteiger partial charge in [0.2, 0.25) is 9.23 Å². The molecule has 3 aromatic heterocycles. The van der Waals surface area contributed by atoms with E-state index in [2.05, 4.69) is 31.2 Å². The molecule has 0 amide bonds. The summed E-state index contributed by atoms with van der Waals surface area (Å²) in [5, 5.41) is 4.03. The van der Waals surface area contributed by atoms with E-state index < -0.39 is 14.5 Å². The summed E-state index contributed by atoms with van der Waals surface area (Å²) in [6.07, 6.45) is 11.5. The summed E-state index contributed by atoms with van der Waals surface area (Å²) in [6.45, 7) is 5.13. The Morgan fingerprint density at radius 1 is 0.688 bits per heavy atom. The van der Waals surface area contributed by atoms with Gasteiger partial charge in [0.05, 0.1) is 9.75 Å². The first-order valence-corrected chi connectivity index (χ1v) is 26.6. The van der Waals surface area contributed by atoms with Gasteiger partial charge in [-0.3, -0.25) is 19.4 Å². The average Bonchev–Trinajstić information content (AvgIpc) is 4.06. The van der Waals surface area contributed by atoms with Crippen LogP contribution in [0.3, 0.4) is 0 Å². The first-order valence-electron chi connectivity index (χ1n) is 20.9. The van der Waals surface area contributed by atoms with Crippen molar-refractivity contribution in [3.8, 4) is 0 Å². The monoisotopic (exact) mass is 1010 g/mol. The van der Waals surface area contributed by atoms with Crippen LogP contribution >= 0.6 is 67.0 Å². The molecule has 2 N–H and O–H groups in total. The van der Waals surface area contributed by atoms with Gasteiger partial charge in [-0.1, -0.05) is 0 Å². The fraction of sp³-hybridized carbons (Fsp3) is 0.413. The largest absolute Gasteiger partial charge is 0.373 e. The number of benzene rings is 3. The number of hydrogen-bond donors (Lipinski definition) is 1. The SMILES string of the molecule is Fc1ccc2sccc2c1.NC1C2CCN(CC2)C12CC2.O=C(CC1C2CCN(CC2)C12CC2)c1cc2cc(F)ccc2s1.O=C(Cl)c1cc2cc(F)ccc2s1.O=C=O.O=S(Cl)Cl. The Balaban J connectivity index is 0.000000128. The van der Waals surface area contributed by atoms with Crippen molar-refractivity contribution in [2.45, 2.75) is 74.9 Å². The first-order chi connectivity index (χ1) is 30.7. The minimum absolute atomic E-state index is 0.161. The number of rotatable bonds is 4. The van der Waals surface area contributed by atoms with E-state index in [0.29, 0.717) is 39.7 Å². The normalized spacial score (nSPS) is 24.4. The minimum Gasteiger partial charge on any atom is -0.326 e. The third kappa shape index (κ3) is 11.4. The number of fused-ring (bicyclic) bond motifs is 7. The molecule has 14 rings (SSSR count). The van der Waals surface area contributed by atoms with E-state index in [1.165, 1.54) is 131 Å². The number of thiophene rings is 3. The number of carbonyl (C=O) groups excluding carboxylic acids is 4. The maximum Gasteiger partial charge on any atom is 0.373 e. The van der Waals surface area contributed by atoms with Crippen molar-refractivity contribution >= 4 is 124 Å². The van der Waals surface area contributed by atoms with Gasteiger partial charge in [-0.2, -0.15) is 9.59 Å². The van der Waals surface area contributed by atoms with E-state index in [1.807, 2.05) is 17.5 Å². The molecule has 8 fully saturated rings. The van der Waals surface area contributed by atoms with E-state index in [9.17, 15) is 22.8 Å². The number of Topliss-reactive ketones (excluding diaryl/α,β-unsaturated/α-hetero) is 1. The van der Waals surface area contributed by atoms with Gasteiger partial charge in [-0.25, -0.2) is 17.4 Å². The van der Waals surface area contributed by atoms with Crippen LogP contribution < -0.4 is 5.73 Å². The van der Waals surface area contributed by atoms with Gasteiger partial charge in [0.15, 0.2) is 5.78 Å². The Morgan fingerprint density at radius 3 is 1.59 bits per heavy atom. The second-order valence-corrected chi connectivity index (χ2v) is 22.8. The number of nitrogens with zero attached hydrogens (tertiary/aromatic N) is 2. The Labute approximate surface area is 397 Å². The number of carbonyl (C=O) groups is 2. The highest BCUT2D eigenvalue weighted by Gasteiger charge is 2.60. The highest BCUT2D eigenvalue weighted by Crippen LogP contribution is 2.59. The predicted octanol–water partition coefficient (Wildman–Crippen LogP) is 12.0. The highest BCUT2D eigenvalue weighted by molar-refractivity contribution is 8.26. The molecule has 6 aromatic rings. The molecule has 2 atom stereocenters. The van der Waals surface area contributed by atoms with Gasteiger partial charge < -0.3 is 5.73 Å². The number of halogens is 6. The maximum absolute atomic E-state index is 13.3. The molecule has 0 radical (unpaired) electrons. The molecule has 2 aliphatic carbocycles. The zero-order valence-corrected chi connectivity index (χ0v) is 40.0. The summed E-state index contributed by atoms with van der Waals surface area (Å²) >= 11 is 9.70. The van der Waals surface area contributed by atoms with E-state index in [1.54, 1.807) is 41.7 Å². The van der Waals surface area contributed by atoms with E-state index >= 15 is 0 Å². The van der Waals surface area contributed by atoms with Crippen molar-refractivity contribution < 1.29 is 36.6 Å². The lowest BCUT2D eigenvalue weighted by Gasteiger charge is -2.52. The molecular weight excluding hydrogens is 966 g/mol. The van der Waals surface area contributed by atoms with Crippen molar-refractivity contribution in [1.29, 1.82) is 0 Å². The van der Waals surface area contributed by atoms with Crippen molar-refractivity contribution in [3.63, 3.8) is 0 Å². The summed E-state index contributed by atoms with van der Waals surface area (Å²) in [6, 6.07) is 19.9. The zero-order chi connectivity index (χ0) is 45.8. The quantitative estimate of drug-likeness (QED) is 0.137. The molecule has 4 bridgehead atoms. The summed E-state index contributed by atoms with van der Waals surface area (Å²) in [5.41, 5.74) is 7.09. The Hall–Kier alpha value is -3.05. The lowest BCUT2D eigenvalue weighted by molar-refractivity contribution is -0.191. The smallest absolute Gasteiger partial charge is 0.326 e. The van der Waals surface area contributed by atoms with Crippen LogP contribution in [-0.4, -0.2) is 74.5 Å².